The van der Waals surface area contributed by atoms with Gasteiger partial charge in [0.05, 0.1) is 11.4 Å². The van der Waals surface area contributed by atoms with Crippen LogP contribution in [0.5, 0.6) is 0 Å². The van der Waals surface area contributed by atoms with Gasteiger partial charge in [-0.1, -0.05) is 0 Å². The van der Waals surface area contributed by atoms with E-state index in [1.54, 1.807) is 11.3 Å². The van der Waals surface area contributed by atoms with E-state index in [0.29, 0.717) is 11.3 Å². The zero-order chi connectivity index (χ0) is 18.7. The number of rotatable bonds is 6. The van der Waals surface area contributed by atoms with Gasteiger partial charge in [0, 0.05) is 30.6 Å². The number of benzene rings is 1. The molecule has 3 rings (SSSR count). The fourth-order valence-corrected chi connectivity index (χ4v) is 3.84. The molecule has 0 aliphatic carbocycles. The lowest BCUT2D eigenvalue weighted by Crippen LogP contribution is -2.24. The van der Waals surface area contributed by atoms with Crippen molar-refractivity contribution in [3.63, 3.8) is 0 Å². The van der Waals surface area contributed by atoms with Crippen molar-refractivity contribution in [1.29, 1.82) is 0 Å². The Labute approximate surface area is 156 Å². The highest BCUT2D eigenvalue weighted by atomic mass is 32.2. The molecule has 2 aromatic heterocycles. The van der Waals surface area contributed by atoms with Gasteiger partial charge in [-0.2, -0.15) is 11.3 Å². The van der Waals surface area contributed by atoms with Crippen molar-refractivity contribution in [2.75, 3.05) is 14.1 Å². The number of nitrogens with one attached hydrogen (secondary N) is 1. The maximum absolute atomic E-state index is 12.2. The second-order valence-corrected chi connectivity index (χ2v) is 8.70. The largest absolute Gasteiger partial charge is 0.459 e. The van der Waals surface area contributed by atoms with Crippen LogP contribution in [0.1, 0.15) is 16.1 Å². The first-order chi connectivity index (χ1) is 12.4. The maximum Gasteiger partial charge on any atom is 0.251 e. The third-order valence-corrected chi connectivity index (χ3v) is 6.30. The van der Waals surface area contributed by atoms with Gasteiger partial charge >= 0.3 is 0 Å². The molecule has 2 heterocycles. The lowest BCUT2D eigenvalue weighted by molar-refractivity contribution is 0.0948. The van der Waals surface area contributed by atoms with Crippen LogP contribution in [0.4, 0.5) is 0 Å². The molecular weight excluding hydrogens is 372 g/mol. The van der Waals surface area contributed by atoms with Gasteiger partial charge in [-0.05, 0) is 47.8 Å². The summed E-state index contributed by atoms with van der Waals surface area (Å²) in [6.07, 6.45) is 0. The first kappa shape index (κ1) is 18.4. The minimum absolute atomic E-state index is 0.144. The summed E-state index contributed by atoms with van der Waals surface area (Å²) in [7, 11) is -0.582. The van der Waals surface area contributed by atoms with Crippen molar-refractivity contribution in [2.45, 2.75) is 11.4 Å². The topological polar surface area (TPSA) is 79.6 Å². The van der Waals surface area contributed by atoms with E-state index in [0.717, 1.165) is 15.6 Å². The quantitative estimate of drug-likeness (QED) is 0.701. The van der Waals surface area contributed by atoms with Crippen LogP contribution in [0, 0.1) is 0 Å². The molecule has 0 radical (unpaired) electrons. The highest BCUT2D eigenvalue weighted by molar-refractivity contribution is 7.89. The molecule has 136 valence electrons. The van der Waals surface area contributed by atoms with Crippen LogP contribution >= 0.6 is 11.3 Å². The van der Waals surface area contributed by atoms with Crippen molar-refractivity contribution < 1.29 is 17.6 Å². The molecule has 0 fully saturated rings. The number of nitrogens with zero attached hydrogens (tertiary/aromatic N) is 1. The van der Waals surface area contributed by atoms with E-state index in [2.05, 4.69) is 5.32 Å². The number of furan rings is 1. The Bertz CT molecular complexity index is 988. The Kier molecular flexibility index (Phi) is 5.26. The fraction of sp³-hybridized carbons (Fsp3) is 0.167. The van der Waals surface area contributed by atoms with E-state index in [4.69, 9.17) is 4.42 Å². The SMILES string of the molecule is CN(C)S(=O)(=O)c1ccc(C(=O)NCc2ccc(-c3ccsc3)o2)cc1. The molecule has 6 nitrogen and oxygen atoms in total. The van der Waals surface area contributed by atoms with E-state index in [9.17, 15) is 13.2 Å². The standard InChI is InChI=1S/C18H18N2O4S2/c1-20(2)26(22,23)16-6-3-13(4-7-16)18(21)19-11-15-5-8-17(24-15)14-9-10-25-12-14/h3-10,12H,11H2,1-2H3,(H,19,21). The highest BCUT2D eigenvalue weighted by Gasteiger charge is 2.17. The molecule has 3 aromatic rings. The van der Waals surface area contributed by atoms with Crippen LogP contribution in [0.3, 0.4) is 0 Å². The van der Waals surface area contributed by atoms with Gasteiger partial charge < -0.3 is 9.73 Å². The van der Waals surface area contributed by atoms with Crippen LogP contribution in [-0.4, -0.2) is 32.7 Å². The number of hydrogen-bond acceptors (Lipinski definition) is 5. The molecule has 0 aliphatic rings. The summed E-state index contributed by atoms with van der Waals surface area (Å²) in [5.74, 6) is 1.10. The molecule has 8 heteroatoms. The summed E-state index contributed by atoms with van der Waals surface area (Å²) in [5.41, 5.74) is 1.39. The first-order valence-electron chi connectivity index (χ1n) is 7.80. The van der Waals surface area contributed by atoms with E-state index in [1.165, 1.54) is 38.4 Å². The van der Waals surface area contributed by atoms with Crippen LogP contribution < -0.4 is 5.32 Å². The molecule has 1 N–H and O–H groups in total. The summed E-state index contributed by atoms with van der Waals surface area (Å²) in [5, 5.41) is 6.73. The van der Waals surface area contributed by atoms with Gasteiger partial charge in [-0.15, -0.1) is 0 Å². The summed E-state index contributed by atoms with van der Waals surface area (Å²) < 4.78 is 30.9. The predicted octanol–water partition coefficient (Wildman–Crippen LogP) is 3.19. The Hall–Kier alpha value is -2.42. The van der Waals surface area contributed by atoms with E-state index < -0.39 is 10.0 Å². The first-order valence-corrected chi connectivity index (χ1v) is 10.2. The van der Waals surface area contributed by atoms with Gasteiger partial charge in [0.15, 0.2) is 0 Å². The van der Waals surface area contributed by atoms with Gasteiger partial charge in [0.25, 0.3) is 5.91 Å². The van der Waals surface area contributed by atoms with Crippen molar-refractivity contribution in [2.24, 2.45) is 0 Å². The van der Waals surface area contributed by atoms with Gasteiger partial charge in [0.2, 0.25) is 10.0 Å². The van der Waals surface area contributed by atoms with Crippen LogP contribution in [-0.2, 0) is 16.6 Å². The molecule has 0 spiro atoms. The van der Waals surface area contributed by atoms with Gasteiger partial charge in [-0.3, -0.25) is 4.79 Å². The van der Waals surface area contributed by atoms with Crippen LogP contribution in [0.15, 0.2) is 62.5 Å². The number of carbonyl (C=O) groups excluding carboxylic acids is 1. The second-order valence-electron chi connectivity index (χ2n) is 5.77. The number of thiophene rings is 1. The average molecular weight is 390 g/mol. The molecule has 0 atom stereocenters. The summed E-state index contributed by atoms with van der Waals surface area (Å²) in [4.78, 5) is 12.4. The van der Waals surface area contributed by atoms with Crippen molar-refractivity contribution in [3.05, 3.63) is 64.5 Å². The van der Waals surface area contributed by atoms with Crippen molar-refractivity contribution in [3.8, 4) is 11.3 Å². The molecule has 0 saturated heterocycles. The Morgan fingerprint density at radius 3 is 2.46 bits per heavy atom. The van der Waals surface area contributed by atoms with Crippen molar-refractivity contribution >= 4 is 27.3 Å². The maximum atomic E-state index is 12.2. The molecule has 1 amide bonds. The fourth-order valence-electron chi connectivity index (χ4n) is 2.29. The number of amides is 1. The highest BCUT2D eigenvalue weighted by Crippen LogP contribution is 2.24. The lowest BCUT2D eigenvalue weighted by Gasteiger charge is -2.11. The third-order valence-electron chi connectivity index (χ3n) is 3.79. The van der Waals surface area contributed by atoms with Crippen molar-refractivity contribution in [1.82, 2.24) is 9.62 Å². The normalized spacial score (nSPS) is 11.7. The average Bonchev–Trinajstić information content (AvgIpc) is 3.31. The molecule has 0 saturated carbocycles. The molecule has 0 bridgehead atoms. The van der Waals surface area contributed by atoms with Gasteiger partial charge in [-0.25, -0.2) is 12.7 Å². The Balaban J connectivity index is 1.64. The zero-order valence-electron chi connectivity index (χ0n) is 14.3. The predicted molar refractivity (Wildman–Crippen MR) is 101 cm³/mol. The van der Waals surface area contributed by atoms with E-state index in [1.807, 2.05) is 29.0 Å². The minimum atomic E-state index is -3.51. The number of carbonyl (C=O) groups is 1. The summed E-state index contributed by atoms with van der Waals surface area (Å²) >= 11 is 1.59. The monoisotopic (exact) mass is 390 g/mol. The summed E-state index contributed by atoms with van der Waals surface area (Å²) in [6.45, 7) is 0.251. The number of sulfonamides is 1. The number of hydrogen-bond donors (Lipinski definition) is 1. The second kappa shape index (κ2) is 7.45. The molecule has 1 aromatic carbocycles. The van der Waals surface area contributed by atoms with E-state index >= 15 is 0 Å². The Morgan fingerprint density at radius 2 is 1.85 bits per heavy atom. The zero-order valence-corrected chi connectivity index (χ0v) is 15.9. The van der Waals surface area contributed by atoms with E-state index in [-0.39, 0.29) is 17.3 Å². The molecular formula is C18H18N2O4S2. The Morgan fingerprint density at radius 1 is 1.12 bits per heavy atom. The smallest absolute Gasteiger partial charge is 0.251 e. The molecule has 0 unspecified atom stereocenters. The van der Waals surface area contributed by atoms with Crippen LogP contribution in [0.2, 0.25) is 0 Å². The minimum Gasteiger partial charge on any atom is -0.459 e. The van der Waals surface area contributed by atoms with Gasteiger partial charge in [0.1, 0.15) is 11.5 Å². The molecule has 26 heavy (non-hydrogen) atoms. The molecule has 0 aliphatic heterocycles. The van der Waals surface area contributed by atoms with Crippen LogP contribution in [0.25, 0.3) is 11.3 Å². The third kappa shape index (κ3) is 3.87. The summed E-state index contributed by atoms with van der Waals surface area (Å²) in [6, 6.07) is 11.5. The lowest BCUT2D eigenvalue weighted by atomic mass is 10.2.